The maximum Gasteiger partial charge on any atom is 0.214 e. The Bertz CT molecular complexity index is 289. The molecule has 18 heavy (non-hydrogen) atoms. The van der Waals surface area contributed by atoms with Gasteiger partial charge in [0.05, 0.1) is 5.75 Å². The molecule has 4 heteroatoms. The van der Waals surface area contributed by atoms with Crippen LogP contribution < -0.4 is 0 Å². The summed E-state index contributed by atoms with van der Waals surface area (Å²) >= 11 is 0. The molecule has 0 aromatic rings. The molecule has 0 heterocycles. The Balaban J connectivity index is 4.13. The largest absolute Gasteiger partial charge is 0.214 e. The van der Waals surface area contributed by atoms with Gasteiger partial charge in [0.1, 0.15) is 0 Å². The fourth-order valence-electron chi connectivity index (χ4n) is 2.41. The minimum absolute atomic E-state index is 0.0510. The van der Waals surface area contributed by atoms with Crippen molar-refractivity contribution in [2.24, 2.45) is 0 Å². The summed E-state index contributed by atoms with van der Waals surface area (Å²) < 4.78 is 26.1. The van der Waals surface area contributed by atoms with Crippen molar-refractivity contribution in [1.82, 2.24) is 4.31 Å². The molecule has 0 aliphatic carbocycles. The molecule has 3 nitrogen and oxygen atoms in total. The highest BCUT2D eigenvalue weighted by Crippen LogP contribution is 2.15. The van der Waals surface area contributed by atoms with Gasteiger partial charge >= 0.3 is 0 Å². The number of rotatable bonds is 10. The zero-order valence-corrected chi connectivity index (χ0v) is 13.6. The van der Waals surface area contributed by atoms with E-state index >= 15 is 0 Å². The number of unbranched alkanes of at least 4 members (excludes halogenated alkanes) is 5. The molecule has 0 unspecified atom stereocenters. The highest BCUT2D eigenvalue weighted by Gasteiger charge is 2.26. The summed E-state index contributed by atoms with van der Waals surface area (Å²) in [5.74, 6) is 0.301. The number of nitrogens with zero attached hydrogens (tertiary/aromatic N) is 1. The summed E-state index contributed by atoms with van der Waals surface area (Å²) in [6, 6.07) is 0.102. The summed E-state index contributed by atoms with van der Waals surface area (Å²) in [6.07, 6.45) is 6.70. The van der Waals surface area contributed by atoms with Crippen LogP contribution in [0.5, 0.6) is 0 Å². The lowest BCUT2D eigenvalue weighted by molar-refractivity contribution is 0.302. The molecular formula is C14H31NO2S. The SMILES string of the molecule is CCCCCCCCS(=O)(=O)N(C(C)C)C(C)C. The minimum Gasteiger partial charge on any atom is -0.212 e. The van der Waals surface area contributed by atoms with E-state index in [0.29, 0.717) is 5.75 Å². The van der Waals surface area contributed by atoms with Crippen LogP contribution >= 0.6 is 0 Å². The van der Waals surface area contributed by atoms with Crippen molar-refractivity contribution in [3.8, 4) is 0 Å². The van der Waals surface area contributed by atoms with Gasteiger partial charge in [-0.15, -0.1) is 0 Å². The van der Waals surface area contributed by atoms with E-state index in [1.165, 1.54) is 19.3 Å². The molecule has 0 fully saturated rings. The first-order chi connectivity index (χ1) is 8.33. The molecule has 0 aromatic carbocycles. The van der Waals surface area contributed by atoms with E-state index in [1.54, 1.807) is 4.31 Å². The standard InChI is InChI=1S/C14H31NO2S/c1-6-7-8-9-10-11-12-18(16,17)15(13(2)3)14(4)5/h13-14H,6-12H2,1-5H3. The van der Waals surface area contributed by atoms with Gasteiger partial charge in [-0.2, -0.15) is 4.31 Å². The third-order valence-corrected chi connectivity index (χ3v) is 5.39. The maximum atomic E-state index is 12.2. The van der Waals surface area contributed by atoms with Crippen molar-refractivity contribution in [3.05, 3.63) is 0 Å². The Morgan fingerprint density at radius 3 is 1.72 bits per heavy atom. The monoisotopic (exact) mass is 277 g/mol. The van der Waals surface area contributed by atoms with Crippen LogP contribution in [0.2, 0.25) is 0 Å². The van der Waals surface area contributed by atoms with Crippen LogP contribution in [0.1, 0.15) is 73.1 Å². The summed E-state index contributed by atoms with van der Waals surface area (Å²) in [6.45, 7) is 9.96. The second kappa shape index (κ2) is 8.92. The van der Waals surface area contributed by atoms with E-state index in [9.17, 15) is 8.42 Å². The lowest BCUT2D eigenvalue weighted by Crippen LogP contribution is -2.43. The average molecular weight is 277 g/mol. The van der Waals surface area contributed by atoms with Crippen LogP contribution in [-0.2, 0) is 10.0 Å². The van der Waals surface area contributed by atoms with Crippen LogP contribution in [0.4, 0.5) is 0 Å². The Labute approximate surface area is 114 Å². The Morgan fingerprint density at radius 1 is 0.833 bits per heavy atom. The van der Waals surface area contributed by atoms with E-state index in [2.05, 4.69) is 6.92 Å². The van der Waals surface area contributed by atoms with Crippen molar-refractivity contribution in [3.63, 3.8) is 0 Å². The molecule has 0 spiro atoms. The normalized spacial score (nSPS) is 12.9. The quantitative estimate of drug-likeness (QED) is 0.570. The van der Waals surface area contributed by atoms with Crippen LogP contribution in [0.3, 0.4) is 0 Å². The average Bonchev–Trinajstić information content (AvgIpc) is 2.21. The van der Waals surface area contributed by atoms with E-state index in [4.69, 9.17) is 0 Å². The summed E-state index contributed by atoms with van der Waals surface area (Å²) in [7, 11) is -3.08. The molecule has 0 rings (SSSR count). The lowest BCUT2D eigenvalue weighted by Gasteiger charge is -2.29. The van der Waals surface area contributed by atoms with E-state index in [0.717, 1.165) is 19.3 Å². The van der Waals surface area contributed by atoms with Crippen molar-refractivity contribution in [1.29, 1.82) is 0 Å². The molecule has 110 valence electrons. The van der Waals surface area contributed by atoms with Gasteiger partial charge in [-0.1, -0.05) is 39.0 Å². The van der Waals surface area contributed by atoms with Crippen LogP contribution in [0, 0.1) is 0 Å². The fourth-order valence-corrected chi connectivity index (χ4v) is 4.47. The third kappa shape index (κ3) is 6.74. The van der Waals surface area contributed by atoms with E-state index in [1.807, 2.05) is 27.7 Å². The van der Waals surface area contributed by atoms with E-state index < -0.39 is 10.0 Å². The second-order valence-electron chi connectivity index (χ2n) is 5.60. The van der Waals surface area contributed by atoms with Gasteiger partial charge < -0.3 is 0 Å². The van der Waals surface area contributed by atoms with Gasteiger partial charge in [-0.3, -0.25) is 0 Å². The molecule has 0 radical (unpaired) electrons. The molecule has 0 bridgehead atoms. The van der Waals surface area contributed by atoms with E-state index in [-0.39, 0.29) is 12.1 Å². The highest BCUT2D eigenvalue weighted by molar-refractivity contribution is 7.89. The molecule has 0 amide bonds. The summed E-state index contributed by atoms with van der Waals surface area (Å²) in [5, 5.41) is 0. The number of hydrogen-bond acceptors (Lipinski definition) is 2. The molecule has 0 aliphatic rings. The first-order valence-electron chi connectivity index (χ1n) is 7.34. The third-order valence-electron chi connectivity index (χ3n) is 3.09. The zero-order chi connectivity index (χ0) is 14.2. The molecule has 0 saturated carbocycles. The van der Waals surface area contributed by atoms with Crippen LogP contribution in [0.25, 0.3) is 0 Å². The Kier molecular flexibility index (Phi) is 8.87. The minimum atomic E-state index is -3.08. The second-order valence-corrected chi connectivity index (χ2v) is 7.59. The summed E-state index contributed by atoms with van der Waals surface area (Å²) in [5.41, 5.74) is 0. The van der Waals surface area contributed by atoms with Gasteiger partial charge in [0, 0.05) is 12.1 Å². The molecule has 0 aromatic heterocycles. The summed E-state index contributed by atoms with van der Waals surface area (Å²) in [4.78, 5) is 0. The van der Waals surface area contributed by atoms with Crippen molar-refractivity contribution in [2.75, 3.05) is 5.75 Å². The fraction of sp³-hybridized carbons (Fsp3) is 1.00. The Morgan fingerprint density at radius 2 is 1.28 bits per heavy atom. The first kappa shape index (κ1) is 17.9. The van der Waals surface area contributed by atoms with Crippen molar-refractivity contribution in [2.45, 2.75) is 85.2 Å². The zero-order valence-electron chi connectivity index (χ0n) is 12.8. The molecular weight excluding hydrogens is 246 g/mol. The topological polar surface area (TPSA) is 37.4 Å². The molecule has 0 aliphatic heterocycles. The first-order valence-corrected chi connectivity index (χ1v) is 8.95. The maximum absolute atomic E-state index is 12.2. The Hall–Kier alpha value is -0.0900. The van der Waals surface area contributed by atoms with Crippen LogP contribution in [-0.4, -0.2) is 30.6 Å². The molecule has 0 saturated heterocycles. The van der Waals surface area contributed by atoms with Crippen LogP contribution in [0.15, 0.2) is 0 Å². The van der Waals surface area contributed by atoms with Gasteiger partial charge in [0.15, 0.2) is 0 Å². The smallest absolute Gasteiger partial charge is 0.212 e. The predicted octanol–water partition coefficient (Wildman–Crippen LogP) is 3.80. The van der Waals surface area contributed by atoms with Gasteiger partial charge in [0.25, 0.3) is 0 Å². The number of sulfonamides is 1. The van der Waals surface area contributed by atoms with Gasteiger partial charge in [-0.25, -0.2) is 8.42 Å². The number of hydrogen-bond donors (Lipinski definition) is 0. The lowest BCUT2D eigenvalue weighted by atomic mass is 10.1. The molecule has 0 atom stereocenters. The van der Waals surface area contributed by atoms with Crippen molar-refractivity contribution < 1.29 is 8.42 Å². The van der Waals surface area contributed by atoms with Gasteiger partial charge in [-0.05, 0) is 34.1 Å². The highest BCUT2D eigenvalue weighted by atomic mass is 32.2. The predicted molar refractivity (Wildman–Crippen MR) is 79.3 cm³/mol. The van der Waals surface area contributed by atoms with Crippen molar-refractivity contribution >= 4 is 10.0 Å². The molecule has 0 N–H and O–H groups in total. The van der Waals surface area contributed by atoms with Gasteiger partial charge in [0.2, 0.25) is 10.0 Å².